The van der Waals surface area contributed by atoms with E-state index in [9.17, 15) is 25.2 Å². The molecule has 4 N–H and O–H groups in total. The maximum Gasteiger partial charge on any atom is 0.343 e. The Balaban J connectivity index is 1.54. The molecule has 2 heterocycles. The van der Waals surface area contributed by atoms with Crippen molar-refractivity contribution < 1.29 is 24.8 Å². The molecule has 3 aromatic rings. The van der Waals surface area contributed by atoms with Gasteiger partial charge in [0.1, 0.15) is 17.1 Å². The highest BCUT2D eigenvalue weighted by Crippen LogP contribution is 2.47. The van der Waals surface area contributed by atoms with Gasteiger partial charge in [-0.25, -0.2) is 4.79 Å². The summed E-state index contributed by atoms with van der Waals surface area (Å²) in [5.74, 6) is 0.320. The molecule has 2 aromatic heterocycles. The highest BCUT2D eigenvalue weighted by molar-refractivity contribution is 7.12. The lowest BCUT2D eigenvalue weighted by Gasteiger charge is -2.24. The van der Waals surface area contributed by atoms with E-state index in [1.807, 2.05) is 37.3 Å². The van der Waals surface area contributed by atoms with Crippen LogP contribution >= 0.6 is 11.3 Å². The maximum absolute atomic E-state index is 12.8. The van der Waals surface area contributed by atoms with E-state index in [0.717, 1.165) is 35.3 Å². The molecule has 6 nitrogen and oxygen atoms in total. The van der Waals surface area contributed by atoms with Crippen LogP contribution in [0.3, 0.4) is 0 Å². The van der Waals surface area contributed by atoms with Gasteiger partial charge < -0.3 is 24.8 Å². The highest BCUT2D eigenvalue weighted by atomic mass is 32.1. The molecule has 0 bridgehead atoms. The first kappa shape index (κ1) is 23.7. The third-order valence-electron chi connectivity index (χ3n) is 6.53. The zero-order valence-corrected chi connectivity index (χ0v) is 19.5. The van der Waals surface area contributed by atoms with Crippen molar-refractivity contribution >= 4 is 11.3 Å². The molecule has 1 aliphatic carbocycles. The third kappa shape index (κ3) is 5.06. The molecule has 0 radical (unpaired) electrons. The molecule has 33 heavy (non-hydrogen) atoms. The van der Waals surface area contributed by atoms with E-state index in [4.69, 9.17) is 4.42 Å². The van der Waals surface area contributed by atoms with Crippen LogP contribution in [0, 0.1) is 5.92 Å². The number of aromatic hydroxyl groups is 1. The summed E-state index contributed by atoms with van der Waals surface area (Å²) >= 11 is 1.34. The molecule has 0 amide bonds. The van der Waals surface area contributed by atoms with Gasteiger partial charge in [-0.05, 0) is 54.9 Å². The molecule has 0 spiro atoms. The molecule has 0 saturated heterocycles. The first-order valence-electron chi connectivity index (χ1n) is 11.3. The lowest BCUT2D eigenvalue weighted by Crippen LogP contribution is -2.31. The van der Waals surface area contributed by atoms with E-state index in [1.165, 1.54) is 17.4 Å². The van der Waals surface area contributed by atoms with Gasteiger partial charge in [0.05, 0.1) is 18.8 Å². The van der Waals surface area contributed by atoms with Crippen molar-refractivity contribution in [3.8, 4) is 5.75 Å². The lowest BCUT2D eigenvalue weighted by atomic mass is 9.93. The highest BCUT2D eigenvalue weighted by Gasteiger charge is 2.45. The normalized spacial score (nSPS) is 16.5. The molecule has 4 rings (SSSR count). The summed E-state index contributed by atoms with van der Waals surface area (Å²) in [5, 5.41) is 40.6. The van der Waals surface area contributed by atoms with Crippen LogP contribution < -0.4 is 5.63 Å². The van der Waals surface area contributed by atoms with E-state index in [2.05, 4.69) is 0 Å². The average molecular weight is 471 g/mol. The molecule has 1 aliphatic rings. The Morgan fingerprint density at radius 1 is 1.15 bits per heavy atom. The molecule has 1 fully saturated rings. The Labute approximate surface area is 196 Å². The van der Waals surface area contributed by atoms with Crippen LogP contribution in [0.25, 0.3) is 0 Å². The molecule has 1 saturated carbocycles. The fourth-order valence-electron chi connectivity index (χ4n) is 4.32. The molecule has 0 unspecified atom stereocenters. The number of aliphatic hydroxyl groups is 3. The first-order valence-corrected chi connectivity index (χ1v) is 12.2. The zero-order valence-electron chi connectivity index (χ0n) is 18.7. The number of aliphatic hydroxyl groups excluding tert-OH is 2. The Bertz CT molecular complexity index is 1160. The Kier molecular flexibility index (Phi) is 7.05. The van der Waals surface area contributed by atoms with Crippen molar-refractivity contribution in [2.24, 2.45) is 5.92 Å². The topological polar surface area (TPSA) is 111 Å². The number of hydrogen-bond acceptors (Lipinski definition) is 7. The SMILES string of the molecule is CC[C@H](Cc1cccc(CO)c1)c1cc(O)c(Cc2ccc([C@@](O)(CO)C3CC3)s2)c(=O)o1. The fraction of sp³-hybridized carbons (Fsp3) is 0.423. The Hall–Kier alpha value is -2.45. The summed E-state index contributed by atoms with van der Waals surface area (Å²) in [4.78, 5) is 14.3. The minimum atomic E-state index is -1.23. The number of benzene rings is 1. The van der Waals surface area contributed by atoms with Crippen molar-refractivity contribution in [3.05, 3.63) is 85.1 Å². The van der Waals surface area contributed by atoms with Crippen LogP contribution in [0.4, 0.5) is 0 Å². The quantitative estimate of drug-likeness (QED) is 0.359. The van der Waals surface area contributed by atoms with Crippen LogP contribution in [-0.2, 0) is 25.0 Å². The molecule has 0 aliphatic heterocycles. The Morgan fingerprint density at radius 2 is 1.91 bits per heavy atom. The van der Waals surface area contributed by atoms with Gasteiger partial charge in [-0.1, -0.05) is 31.2 Å². The monoisotopic (exact) mass is 470 g/mol. The van der Waals surface area contributed by atoms with Crippen LogP contribution in [0.5, 0.6) is 5.75 Å². The Morgan fingerprint density at radius 3 is 2.55 bits per heavy atom. The van der Waals surface area contributed by atoms with E-state index in [-0.39, 0.29) is 42.8 Å². The van der Waals surface area contributed by atoms with Crippen molar-refractivity contribution in [3.63, 3.8) is 0 Å². The largest absolute Gasteiger partial charge is 0.507 e. The summed E-state index contributed by atoms with van der Waals surface area (Å²) in [5.41, 5.74) is 0.233. The summed E-state index contributed by atoms with van der Waals surface area (Å²) in [6.45, 7) is 1.64. The van der Waals surface area contributed by atoms with Gasteiger partial charge in [0, 0.05) is 28.2 Å². The number of rotatable bonds is 10. The molecule has 2 atom stereocenters. The van der Waals surface area contributed by atoms with Gasteiger partial charge in [-0.15, -0.1) is 11.3 Å². The van der Waals surface area contributed by atoms with Gasteiger partial charge >= 0.3 is 5.63 Å². The van der Waals surface area contributed by atoms with Gasteiger partial charge in [-0.3, -0.25) is 0 Å². The summed E-state index contributed by atoms with van der Waals surface area (Å²) in [6.07, 6.45) is 3.32. The lowest BCUT2D eigenvalue weighted by molar-refractivity contribution is -0.0353. The van der Waals surface area contributed by atoms with Gasteiger partial charge in [0.2, 0.25) is 0 Å². The van der Waals surface area contributed by atoms with Crippen LogP contribution in [0.2, 0.25) is 0 Å². The fourth-order valence-corrected chi connectivity index (χ4v) is 5.50. The van der Waals surface area contributed by atoms with Crippen LogP contribution in [0.15, 0.2) is 51.7 Å². The smallest absolute Gasteiger partial charge is 0.343 e. The first-order chi connectivity index (χ1) is 15.9. The van der Waals surface area contributed by atoms with Crippen molar-refractivity contribution in [2.45, 2.75) is 57.2 Å². The van der Waals surface area contributed by atoms with Gasteiger partial charge in [0.15, 0.2) is 0 Å². The molecule has 1 aromatic carbocycles. The summed E-state index contributed by atoms with van der Waals surface area (Å²) in [7, 11) is 0. The van der Waals surface area contributed by atoms with Gasteiger partial charge in [-0.2, -0.15) is 0 Å². The number of hydrogen-bond donors (Lipinski definition) is 4. The van der Waals surface area contributed by atoms with Crippen LogP contribution in [-0.4, -0.2) is 27.0 Å². The third-order valence-corrected chi connectivity index (χ3v) is 7.78. The minimum Gasteiger partial charge on any atom is -0.507 e. The second-order valence-corrected chi connectivity index (χ2v) is 10.1. The molecular formula is C26H30O6S. The van der Waals surface area contributed by atoms with Crippen LogP contribution in [0.1, 0.15) is 64.3 Å². The van der Waals surface area contributed by atoms with E-state index < -0.39 is 11.2 Å². The minimum absolute atomic E-state index is 0.0317. The standard InChI is InChI=1S/C26H30O6S/c1-2-18(11-16-4-3-5-17(10-16)14-27)23-13-22(29)21(25(30)32-23)12-20-8-9-24(33-20)26(31,15-28)19-6-7-19/h3-5,8-10,13,18-19,27-29,31H,2,6-7,11-12,14-15H2,1H3/t18-,26-/m1/s1. The van der Waals surface area contributed by atoms with Crippen molar-refractivity contribution in [1.82, 2.24) is 0 Å². The van der Waals surface area contributed by atoms with E-state index >= 15 is 0 Å². The zero-order chi connectivity index (χ0) is 23.6. The van der Waals surface area contributed by atoms with E-state index in [1.54, 1.807) is 6.07 Å². The molecule has 7 heteroatoms. The van der Waals surface area contributed by atoms with E-state index in [0.29, 0.717) is 17.1 Å². The predicted octanol–water partition coefficient (Wildman–Crippen LogP) is 3.82. The molecule has 176 valence electrons. The molecular weight excluding hydrogens is 440 g/mol. The average Bonchev–Trinajstić information content (AvgIpc) is 3.58. The summed E-state index contributed by atoms with van der Waals surface area (Å²) in [6, 6.07) is 12.8. The van der Waals surface area contributed by atoms with Crippen molar-refractivity contribution in [2.75, 3.05) is 6.61 Å². The second kappa shape index (κ2) is 9.81. The van der Waals surface area contributed by atoms with Gasteiger partial charge in [0.25, 0.3) is 0 Å². The number of thiophene rings is 1. The van der Waals surface area contributed by atoms with Crippen molar-refractivity contribution in [1.29, 1.82) is 0 Å². The predicted molar refractivity (Wildman–Crippen MR) is 127 cm³/mol. The maximum atomic E-state index is 12.8. The summed E-state index contributed by atoms with van der Waals surface area (Å²) < 4.78 is 5.64. The second-order valence-electron chi connectivity index (χ2n) is 8.89.